The first-order chi connectivity index (χ1) is 15.7. The lowest BCUT2D eigenvalue weighted by molar-refractivity contribution is 0.436. The van der Waals surface area contributed by atoms with E-state index < -0.39 is 10.0 Å². The smallest absolute Gasteiger partial charge is 0.241 e. The van der Waals surface area contributed by atoms with Gasteiger partial charge in [0.2, 0.25) is 10.0 Å². The number of nitrogens with two attached hydrogens (primary N) is 1. The standard InChI is InChI=1S/C24H28ClFN4O2S/c1-28-13-19-10-18-12-24(26)17(5-3-7-30-15-21(14-29-30)33(27,31)32)11-23(18)22(19)9-16-4-2-6-20(25)8-16/h2,4,6,8,11-12,14-15,19,22,28H,3,5,7,9-10,13H2,1H3,(H2,27,31,32). The topological polar surface area (TPSA) is 90.0 Å². The van der Waals surface area contributed by atoms with Crippen LogP contribution in [0.1, 0.15) is 34.6 Å². The molecule has 33 heavy (non-hydrogen) atoms. The molecule has 1 aromatic heterocycles. The molecule has 176 valence electrons. The molecule has 4 rings (SSSR count). The number of halogens is 2. The molecule has 2 unspecified atom stereocenters. The van der Waals surface area contributed by atoms with Gasteiger partial charge in [0.15, 0.2) is 0 Å². The fourth-order valence-corrected chi connectivity index (χ4v) is 5.46. The van der Waals surface area contributed by atoms with Crippen LogP contribution in [-0.2, 0) is 35.8 Å². The van der Waals surface area contributed by atoms with Crippen LogP contribution in [0.15, 0.2) is 53.7 Å². The molecule has 3 N–H and O–H groups in total. The minimum atomic E-state index is -3.77. The first kappa shape index (κ1) is 23.9. The molecule has 0 aliphatic heterocycles. The Hall–Kier alpha value is -2.26. The van der Waals surface area contributed by atoms with Gasteiger partial charge in [0.25, 0.3) is 0 Å². The molecule has 0 fully saturated rings. The zero-order valence-corrected chi connectivity index (χ0v) is 20.0. The number of benzene rings is 2. The van der Waals surface area contributed by atoms with Gasteiger partial charge in [0.05, 0.1) is 6.20 Å². The Morgan fingerprint density at radius 1 is 1.30 bits per heavy atom. The maximum absolute atomic E-state index is 14.9. The third kappa shape index (κ3) is 5.63. The first-order valence-corrected chi connectivity index (χ1v) is 12.9. The number of hydrogen-bond acceptors (Lipinski definition) is 4. The quantitative estimate of drug-likeness (QED) is 0.479. The number of nitrogens with one attached hydrogen (secondary N) is 1. The number of sulfonamides is 1. The highest BCUT2D eigenvalue weighted by molar-refractivity contribution is 7.89. The van der Waals surface area contributed by atoms with Gasteiger partial charge < -0.3 is 5.32 Å². The molecule has 0 amide bonds. The zero-order valence-electron chi connectivity index (χ0n) is 18.5. The molecule has 0 saturated carbocycles. The number of aryl methyl sites for hydroxylation is 2. The van der Waals surface area contributed by atoms with Gasteiger partial charge in [-0.3, -0.25) is 4.68 Å². The maximum atomic E-state index is 14.9. The van der Waals surface area contributed by atoms with Crippen molar-refractivity contribution in [3.63, 3.8) is 0 Å². The lowest BCUT2D eigenvalue weighted by atomic mass is 9.86. The number of primary sulfonamides is 1. The normalized spacial score (nSPS) is 17.9. The second kappa shape index (κ2) is 9.93. The number of aromatic nitrogens is 2. The van der Waals surface area contributed by atoms with E-state index in [4.69, 9.17) is 16.7 Å². The lowest BCUT2D eigenvalue weighted by Gasteiger charge is -2.21. The van der Waals surface area contributed by atoms with Crippen molar-refractivity contribution < 1.29 is 12.8 Å². The second-order valence-electron chi connectivity index (χ2n) is 8.69. The summed E-state index contributed by atoms with van der Waals surface area (Å²) in [4.78, 5) is -0.0226. The lowest BCUT2D eigenvalue weighted by Crippen LogP contribution is -2.23. The third-order valence-corrected chi connectivity index (χ3v) is 7.44. The molecular weight excluding hydrogens is 463 g/mol. The van der Waals surface area contributed by atoms with Gasteiger partial charge in [-0.25, -0.2) is 17.9 Å². The van der Waals surface area contributed by atoms with Crippen LogP contribution in [0.5, 0.6) is 0 Å². The van der Waals surface area contributed by atoms with E-state index in [0.29, 0.717) is 30.9 Å². The minimum Gasteiger partial charge on any atom is -0.319 e. The monoisotopic (exact) mass is 490 g/mol. The van der Waals surface area contributed by atoms with Crippen LogP contribution in [0.2, 0.25) is 5.02 Å². The van der Waals surface area contributed by atoms with Crippen LogP contribution in [0.25, 0.3) is 0 Å². The summed E-state index contributed by atoms with van der Waals surface area (Å²) in [6.07, 6.45) is 5.49. The molecule has 3 aromatic rings. The Balaban J connectivity index is 1.51. The van der Waals surface area contributed by atoms with Gasteiger partial charge in [0, 0.05) is 17.8 Å². The van der Waals surface area contributed by atoms with Crippen molar-refractivity contribution in [3.05, 3.63) is 81.9 Å². The number of rotatable bonds is 9. The van der Waals surface area contributed by atoms with Gasteiger partial charge in [-0.2, -0.15) is 5.10 Å². The Bertz CT molecular complexity index is 1250. The predicted octanol–water partition coefficient (Wildman–Crippen LogP) is 3.67. The van der Waals surface area contributed by atoms with Gasteiger partial charge in [-0.1, -0.05) is 29.8 Å². The van der Waals surface area contributed by atoms with Crippen LogP contribution in [0, 0.1) is 11.7 Å². The molecule has 0 saturated heterocycles. The highest BCUT2D eigenvalue weighted by Crippen LogP contribution is 2.41. The van der Waals surface area contributed by atoms with Crippen molar-refractivity contribution in [1.29, 1.82) is 0 Å². The number of nitrogens with zero attached hydrogens (tertiary/aromatic N) is 2. The van der Waals surface area contributed by atoms with E-state index in [1.54, 1.807) is 6.07 Å². The molecule has 0 spiro atoms. The van der Waals surface area contributed by atoms with Crippen molar-refractivity contribution in [2.45, 2.75) is 43.0 Å². The van der Waals surface area contributed by atoms with Crippen LogP contribution >= 0.6 is 11.6 Å². The molecular formula is C24H28ClFN4O2S. The van der Waals surface area contributed by atoms with Crippen molar-refractivity contribution in [1.82, 2.24) is 15.1 Å². The molecule has 2 aromatic carbocycles. The van der Waals surface area contributed by atoms with Crippen molar-refractivity contribution in [2.24, 2.45) is 11.1 Å². The van der Waals surface area contributed by atoms with Gasteiger partial charge in [-0.05, 0) is 91.6 Å². The number of fused-ring (bicyclic) bond motifs is 1. The summed E-state index contributed by atoms with van der Waals surface area (Å²) in [6.45, 7) is 1.34. The van der Waals surface area contributed by atoms with Crippen LogP contribution in [0.3, 0.4) is 0 Å². The molecule has 6 nitrogen and oxygen atoms in total. The summed E-state index contributed by atoms with van der Waals surface area (Å²) in [5.41, 5.74) is 4.14. The number of hydrogen-bond donors (Lipinski definition) is 2. The van der Waals surface area contributed by atoms with E-state index in [2.05, 4.69) is 16.5 Å². The molecule has 2 atom stereocenters. The Morgan fingerprint density at radius 3 is 2.82 bits per heavy atom. The molecule has 0 radical (unpaired) electrons. The van der Waals surface area contributed by atoms with E-state index >= 15 is 0 Å². The first-order valence-electron chi connectivity index (χ1n) is 11.0. The highest BCUT2D eigenvalue weighted by atomic mass is 35.5. The van der Waals surface area contributed by atoms with Crippen LogP contribution < -0.4 is 10.5 Å². The second-order valence-corrected chi connectivity index (χ2v) is 10.7. The summed E-state index contributed by atoms with van der Waals surface area (Å²) < 4.78 is 39.2. The maximum Gasteiger partial charge on any atom is 0.241 e. The summed E-state index contributed by atoms with van der Waals surface area (Å²) in [5.74, 6) is 0.485. The van der Waals surface area contributed by atoms with Crippen molar-refractivity contribution in [2.75, 3.05) is 13.6 Å². The highest BCUT2D eigenvalue weighted by Gasteiger charge is 2.33. The van der Waals surface area contributed by atoms with Crippen LogP contribution in [-0.4, -0.2) is 31.8 Å². The van der Waals surface area contributed by atoms with Gasteiger partial charge >= 0.3 is 0 Å². The Labute approximate surface area is 199 Å². The molecule has 0 bridgehead atoms. The van der Waals surface area contributed by atoms with Gasteiger partial charge in [0.1, 0.15) is 10.7 Å². The predicted molar refractivity (Wildman–Crippen MR) is 127 cm³/mol. The molecule has 9 heteroatoms. The van der Waals surface area contributed by atoms with E-state index in [1.807, 2.05) is 31.3 Å². The molecule has 1 aliphatic carbocycles. The zero-order chi connectivity index (χ0) is 23.6. The third-order valence-electron chi connectivity index (χ3n) is 6.34. The van der Waals surface area contributed by atoms with E-state index in [-0.39, 0.29) is 16.6 Å². The Kier molecular flexibility index (Phi) is 7.19. The fraction of sp³-hybridized carbons (Fsp3) is 0.375. The fourth-order valence-electron chi connectivity index (χ4n) is 4.79. The van der Waals surface area contributed by atoms with E-state index in [1.165, 1.54) is 28.2 Å². The van der Waals surface area contributed by atoms with E-state index in [9.17, 15) is 12.8 Å². The van der Waals surface area contributed by atoms with Crippen molar-refractivity contribution in [3.8, 4) is 0 Å². The Morgan fingerprint density at radius 2 is 2.12 bits per heavy atom. The average Bonchev–Trinajstić information content (AvgIpc) is 3.34. The summed E-state index contributed by atoms with van der Waals surface area (Å²) in [5, 5.41) is 13.2. The van der Waals surface area contributed by atoms with Crippen LogP contribution in [0.4, 0.5) is 4.39 Å². The summed E-state index contributed by atoms with van der Waals surface area (Å²) >= 11 is 6.20. The molecule has 1 aliphatic rings. The largest absolute Gasteiger partial charge is 0.319 e. The summed E-state index contributed by atoms with van der Waals surface area (Å²) in [6, 6.07) is 11.6. The van der Waals surface area contributed by atoms with Gasteiger partial charge in [-0.15, -0.1) is 0 Å². The van der Waals surface area contributed by atoms with E-state index in [0.717, 1.165) is 30.0 Å². The summed E-state index contributed by atoms with van der Waals surface area (Å²) in [7, 11) is -1.83. The van der Waals surface area contributed by atoms with Crippen molar-refractivity contribution >= 4 is 21.6 Å². The average molecular weight is 491 g/mol. The molecule has 1 heterocycles. The SMILES string of the molecule is CNCC1Cc2cc(F)c(CCCn3cc(S(N)(=O)=O)cn3)cc2C1Cc1cccc(Cl)c1. The minimum absolute atomic E-state index is 0.0226.